The van der Waals surface area contributed by atoms with Crippen LogP contribution < -0.4 is 10.1 Å². The molecule has 1 N–H and O–H groups in total. The van der Waals surface area contributed by atoms with Crippen LogP contribution in [0, 0.1) is 5.92 Å². The monoisotopic (exact) mass is 306 g/mol. The number of piperidine rings is 1. The fourth-order valence-corrected chi connectivity index (χ4v) is 2.59. The number of nitrogens with zero attached hydrogens (tertiary/aromatic N) is 1. The van der Waals surface area contributed by atoms with Crippen LogP contribution in [0.3, 0.4) is 0 Å². The molecule has 1 saturated heterocycles. The Morgan fingerprint density at radius 3 is 2.45 bits per heavy atom. The first-order valence-corrected chi connectivity index (χ1v) is 7.91. The summed E-state index contributed by atoms with van der Waals surface area (Å²) < 4.78 is 5.61. The standard InChI is InChI=1S/C17H26N2O3/c1-13(2)22-16-6-4-14(5-7-16)12-18-17(20)15-8-10-19(21-3)11-9-15/h4-7,13,15H,8-12H2,1-3H3,(H,18,20). The zero-order valence-electron chi connectivity index (χ0n) is 13.7. The molecule has 1 fully saturated rings. The lowest BCUT2D eigenvalue weighted by molar-refractivity contribution is -0.154. The fraction of sp³-hybridized carbons (Fsp3) is 0.588. The molecular weight excluding hydrogens is 280 g/mol. The molecule has 122 valence electrons. The second kappa shape index (κ2) is 8.15. The van der Waals surface area contributed by atoms with E-state index in [9.17, 15) is 4.79 Å². The number of ether oxygens (including phenoxy) is 1. The lowest BCUT2D eigenvalue weighted by Gasteiger charge is -2.29. The molecule has 2 rings (SSSR count). The van der Waals surface area contributed by atoms with Gasteiger partial charge in [-0.1, -0.05) is 12.1 Å². The van der Waals surface area contributed by atoms with E-state index in [-0.39, 0.29) is 17.9 Å². The molecule has 5 heteroatoms. The number of carbonyl (C=O) groups is 1. The van der Waals surface area contributed by atoms with Crippen molar-refractivity contribution >= 4 is 5.91 Å². The normalized spacial score (nSPS) is 16.7. The summed E-state index contributed by atoms with van der Waals surface area (Å²) in [6, 6.07) is 7.87. The number of benzene rings is 1. The summed E-state index contributed by atoms with van der Waals surface area (Å²) in [5.74, 6) is 1.09. The summed E-state index contributed by atoms with van der Waals surface area (Å²) in [7, 11) is 1.67. The van der Waals surface area contributed by atoms with E-state index in [1.807, 2.05) is 43.2 Å². The smallest absolute Gasteiger partial charge is 0.223 e. The average molecular weight is 306 g/mol. The van der Waals surface area contributed by atoms with Crippen molar-refractivity contribution in [3.63, 3.8) is 0 Å². The number of hydroxylamine groups is 2. The lowest BCUT2D eigenvalue weighted by atomic mass is 9.97. The van der Waals surface area contributed by atoms with Gasteiger partial charge in [0.15, 0.2) is 0 Å². The van der Waals surface area contributed by atoms with Crippen LogP contribution in [0.25, 0.3) is 0 Å². The van der Waals surface area contributed by atoms with Gasteiger partial charge < -0.3 is 14.9 Å². The van der Waals surface area contributed by atoms with Crippen molar-refractivity contribution in [2.45, 2.75) is 39.3 Å². The van der Waals surface area contributed by atoms with Gasteiger partial charge in [0.25, 0.3) is 0 Å². The van der Waals surface area contributed by atoms with Gasteiger partial charge in [-0.05, 0) is 44.4 Å². The van der Waals surface area contributed by atoms with Crippen LogP contribution in [0.1, 0.15) is 32.3 Å². The summed E-state index contributed by atoms with van der Waals surface area (Å²) in [6.45, 7) is 6.20. The second-order valence-electron chi connectivity index (χ2n) is 5.91. The predicted molar refractivity (Wildman–Crippen MR) is 85.4 cm³/mol. The maximum absolute atomic E-state index is 12.2. The predicted octanol–water partition coefficient (Wildman–Crippen LogP) is 2.36. The topological polar surface area (TPSA) is 50.8 Å². The van der Waals surface area contributed by atoms with E-state index in [4.69, 9.17) is 9.57 Å². The molecule has 1 aliphatic heterocycles. The highest BCUT2D eigenvalue weighted by Gasteiger charge is 2.24. The molecule has 1 aromatic rings. The van der Waals surface area contributed by atoms with Crippen molar-refractivity contribution in [2.24, 2.45) is 5.92 Å². The average Bonchev–Trinajstić information content (AvgIpc) is 2.53. The maximum atomic E-state index is 12.2. The van der Waals surface area contributed by atoms with Crippen LogP contribution in [-0.2, 0) is 16.2 Å². The van der Waals surface area contributed by atoms with Gasteiger partial charge in [-0.25, -0.2) is 0 Å². The number of rotatable bonds is 6. The molecular formula is C17H26N2O3. The third-order valence-corrected chi connectivity index (χ3v) is 3.84. The van der Waals surface area contributed by atoms with Gasteiger partial charge in [0.05, 0.1) is 13.2 Å². The number of nitrogens with one attached hydrogen (secondary N) is 1. The van der Waals surface area contributed by atoms with Crippen molar-refractivity contribution in [2.75, 3.05) is 20.2 Å². The fourth-order valence-electron chi connectivity index (χ4n) is 2.59. The van der Waals surface area contributed by atoms with Crippen LogP contribution in [0.2, 0.25) is 0 Å². The Bertz CT molecular complexity index is 465. The highest BCUT2D eigenvalue weighted by molar-refractivity contribution is 5.78. The van der Waals surface area contributed by atoms with Gasteiger partial charge >= 0.3 is 0 Å². The van der Waals surface area contributed by atoms with Gasteiger partial charge in [0.2, 0.25) is 5.91 Å². The van der Waals surface area contributed by atoms with Crippen molar-refractivity contribution in [1.82, 2.24) is 10.4 Å². The summed E-state index contributed by atoms with van der Waals surface area (Å²) >= 11 is 0. The summed E-state index contributed by atoms with van der Waals surface area (Å²) in [5, 5.41) is 4.92. The van der Waals surface area contributed by atoms with E-state index in [1.165, 1.54) is 0 Å². The van der Waals surface area contributed by atoms with Gasteiger partial charge in [-0.2, -0.15) is 5.06 Å². The molecule has 0 spiro atoms. The minimum atomic E-state index is 0.0925. The molecule has 0 atom stereocenters. The van der Waals surface area contributed by atoms with E-state index < -0.39 is 0 Å². The first-order chi connectivity index (χ1) is 10.6. The SMILES string of the molecule is CON1CCC(C(=O)NCc2ccc(OC(C)C)cc2)CC1. The molecule has 0 aromatic heterocycles. The molecule has 0 bridgehead atoms. The molecule has 5 nitrogen and oxygen atoms in total. The highest BCUT2D eigenvalue weighted by Crippen LogP contribution is 2.18. The summed E-state index contributed by atoms with van der Waals surface area (Å²) in [6.07, 6.45) is 1.87. The van der Waals surface area contributed by atoms with Gasteiger partial charge in [0, 0.05) is 25.6 Å². The number of hydrogen-bond donors (Lipinski definition) is 1. The maximum Gasteiger partial charge on any atom is 0.223 e. The Morgan fingerprint density at radius 1 is 1.27 bits per heavy atom. The molecule has 0 radical (unpaired) electrons. The number of carbonyl (C=O) groups excluding carboxylic acids is 1. The minimum Gasteiger partial charge on any atom is -0.491 e. The first-order valence-electron chi connectivity index (χ1n) is 7.91. The van der Waals surface area contributed by atoms with Gasteiger partial charge in [-0.3, -0.25) is 4.79 Å². The largest absolute Gasteiger partial charge is 0.491 e. The summed E-state index contributed by atoms with van der Waals surface area (Å²) in [4.78, 5) is 17.4. The van der Waals surface area contributed by atoms with Crippen molar-refractivity contribution in [1.29, 1.82) is 0 Å². The quantitative estimate of drug-likeness (QED) is 0.876. The third kappa shape index (κ3) is 5.00. The molecule has 1 heterocycles. The number of amides is 1. The molecule has 0 aliphatic carbocycles. The van der Waals surface area contributed by atoms with E-state index >= 15 is 0 Å². The van der Waals surface area contributed by atoms with Gasteiger partial charge in [0.1, 0.15) is 5.75 Å². The molecule has 1 aliphatic rings. The lowest BCUT2D eigenvalue weighted by Crippen LogP contribution is -2.39. The van der Waals surface area contributed by atoms with Crippen LogP contribution in [0.5, 0.6) is 5.75 Å². The van der Waals surface area contributed by atoms with Crippen LogP contribution in [-0.4, -0.2) is 37.3 Å². The van der Waals surface area contributed by atoms with Crippen molar-refractivity contribution in [3.05, 3.63) is 29.8 Å². The Labute approximate surface area is 132 Å². The van der Waals surface area contributed by atoms with Gasteiger partial charge in [-0.15, -0.1) is 0 Å². The van der Waals surface area contributed by atoms with E-state index in [2.05, 4.69) is 5.32 Å². The number of hydrogen-bond acceptors (Lipinski definition) is 4. The van der Waals surface area contributed by atoms with Crippen molar-refractivity contribution < 1.29 is 14.4 Å². The second-order valence-corrected chi connectivity index (χ2v) is 5.91. The molecule has 1 amide bonds. The van der Waals surface area contributed by atoms with Crippen LogP contribution in [0.4, 0.5) is 0 Å². The van der Waals surface area contributed by atoms with E-state index in [1.54, 1.807) is 7.11 Å². The highest BCUT2D eigenvalue weighted by atomic mass is 16.7. The molecule has 0 unspecified atom stereocenters. The first kappa shape index (κ1) is 16.8. The Balaban J connectivity index is 1.76. The molecule has 22 heavy (non-hydrogen) atoms. The van der Waals surface area contributed by atoms with Crippen LogP contribution in [0.15, 0.2) is 24.3 Å². The Hall–Kier alpha value is -1.59. The molecule has 0 saturated carbocycles. The molecule has 1 aromatic carbocycles. The van der Waals surface area contributed by atoms with Crippen LogP contribution >= 0.6 is 0 Å². The Kier molecular flexibility index (Phi) is 6.21. The Morgan fingerprint density at radius 2 is 1.91 bits per heavy atom. The summed E-state index contributed by atoms with van der Waals surface area (Å²) in [5.41, 5.74) is 1.08. The van der Waals surface area contributed by atoms with E-state index in [0.717, 1.165) is 37.2 Å². The zero-order valence-corrected chi connectivity index (χ0v) is 13.7. The van der Waals surface area contributed by atoms with E-state index in [0.29, 0.717) is 6.54 Å². The van der Waals surface area contributed by atoms with Crippen molar-refractivity contribution in [3.8, 4) is 5.75 Å². The zero-order chi connectivity index (χ0) is 15.9. The third-order valence-electron chi connectivity index (χ3n) is 3.84. The minimum absolute atomic E-state index is 0.0925.